The molecule has 1 heterocycles. The molecule has 0 unspecified atom stereocenters. The Morgan fingerprint density at radius 2 is 1.89 bits per heavy atom. The molecule has 19 heavy (non-hydrogen) atoms. The third-order valence-corrected chi connectivity index (χ3v) is 3.60. The molecule has 1 aromatic rings. The molecule has 1 fully saturated rings. The van der Waals surface area contributed by atoms with E-state index in [0.29, 0.717) is 55.0 Å². The van der Waals surface area contributed by atoms with Crippen LogP contribution in [0.1, 0.15) is 6.42 Å². The number of rotatable bonds is 4. The summed E-state index contributed by atoms with van der Waals surface area (Å²) in [5.41, 5.74) is 0.681. The van der Waals surface area contributed by atoms with Gasteiger partial charge in [0.2, 0.25) is 5.91 Å². The van der Waals surface area contributed by atoms with Gasteiger partial charge in [-0.25, -0.2) is 0 Å². The van der Waals surface area contributed by atoms with Gasteiger partial charge in [-0.1, -0.05) is 29.3 Å². The zero-order chi connectivity index (χ0) is 13.7. The normalized spacial score (nSPS) is 15.4. The maximum Gasteiger partial charge on any atom is 0.224 e. The Labute approximate surface area is 122 Å². The van der Waals surface area contributed by atoms with E-state index in [1.807, 2.05) is 4.90 Å². The van der Waals surface area contributed by atoms with Gasteiger partial charge in [0, 0.05) is 26.1 Å². The quantitative estimate of drug-likeness (QED) is 0.930. The molecule has 0 bridgehead atoms. The van der Waals surface area contributed by atoms with Gasteiger partial charge in [-0.3, -0.25) is 4.79 Å². The van der Waals surface area contributed by atoms with Gasteiger partial charge in [0.05, 0.1) is 28.9 Å². The number of halogens is 2. The summed E-state index contributed by atoms with van der Waals surface area (Å²) in [5, 5.41) is 4.23. The monoisotopic (exact) mass is 302 g/mol. The van der Waals surface area contributed by atoms with Crippen LogP contribution >= 0.6 is 23.2 Å². The number of hydrogen-bond donors (Lipinski definition) is 1. The number of hydrogen-bond acceptors (Lipinski definition) is 3. The first-order chi connectivity index (χ1) is 9.18. The third-order valence-electron chi connectivity index (χ3n) is 2.97. The van der Waals surface area contributed by atoms with Crippen LogP contribution in [0.4, 0.5) is 5.69 Å². The van der Waals surface area contributed by atoms with E-state index in [1.54, 1.807) is 18.2 Å². The minimum atomic E-state index is 0.124. The highest BCUT2D eigenvalue weighted by molar-refractivity contribution is 6.39. The number of para-hydroxylation sites is 1. The standard InChI is InChI=1S/C13H16Cl2N2O2/c14-10-2-1-3-11(15)13(10)16-5-4-12(18)17-6-8-19-9-7-17/h1-3,16H,4-9H2. The molecular weight excluding hydrogens is 287 g/mol. The number of nitrogens with zero attached hydrogens (tertiary/aromatic N) is 1. The van der Waals surface area contributed by atoms with E-state index < -0.39 is 0 Å². The van der Waals surface area contributed by atoms with Crippen LogP contribution < -0.4 is 5.32 Å². The highest BCUT2D eigenvalue weighted by atomic mass is 35.5. The van der Waals surface area contributed by atoms with Crippen molar-refractivity contribution in [3.05, 3.63) is 28.2 Å². The molecule has 2 rings (SSSR count). The molecule has 0 aliphatic carbocycles. The Balaban J connectivity index is 1.81. The van der Waals surface area contributed by atoms with Crippen molar-refractivity contribution in [3.8, 4) is 0 Å². The number of carbonyl (C=O) groups excluding carboxylic acids is 1. The van der Waals surface area contributed by atoms with Crippen molar-refractivity contribution in [3.63, 3.8) is 0 Å². The first kappa shape index (κ1) is 14.4. The summed E-state index contributed by atoms with van der Waals surface area (Å²) in [5.74, 6) is 0.124. The smallest absolute Gasteiger partial charge is 0.224 e. The molecule has 0 radical (unpaired) electrons. The highest BCUT2D eigenvalue weighted by Crippen LogP contribution is 2.29. The van der Waals surface area contributed by atoms with Crippen LogP contribution in [0.25, 0.3) is 0 Å². The second kappa shape index (κ2) is 6.98. The minimum absolute atomic E-state index is 0.124. The van der Waals surface area contributed by atoms with Gasteiger partial charge in [0.25, 0.3) is 0 Å². The molecule has 1 aliphatic rings. The molecule has 6 heteroatoms. The van der Waals surface area contributed by atoms with Crippen molar-refractivity contribution in [1.82, 2.24) is 4.90 Å². The predicted molar refractivity (Wildman–Crippen MR) is 77.0 cm³/mol. The number of anilines is 1. The van der Waals surface area contributed by atoms with E-state index in [-0.39, 0.29) is 5.91 Å². The van der Waals surface area contributed by atoms with E-state index >= 15 is 0 Å². The van der Waals surface area contributed by atoms with Crippen molar-refractivity contribution in [2.45, 2.75) is 6.42 Å². The van der Waals surface area contributed by atoms with Gasteiger partial charge in [-0.2, -0.15) is 0 Å². The fraction of sp³-hybridized carbons (Fsp3) is 0.462. The number of amides is 1. The van der Waals surface area contributed by atoms with Gasteiger partial charge < -0.3 is 15.0 Å². The Bertz CT molecular complexity index is 428. The second-order valence-corrected chi connectivity index (χ2v) is 5.08. The molecule has 0 spiro atoms. The van der Waals surface area contributed by atoms with E-state index in [4.69, 9.17) is 27.9 Å². The lowest BCUT2D eigenvalue weighted by atomic mass is 10.3. The lowest BCUT2D eigenvalue weighted by Gasteiger charge is -2.27. The number of nitrogens with one attached hydrogen (secondary N) is 1. The molecule has 0 atom stereocenters. The van der Waals surface area contributed by atoms with Crippen LogP contribution in [0.2, 0.25) is 10.0 Å². The topological polar surface area (TPSA) is 41.6 Å². The molecule has 0 aromatic heterocycles. The van der Waals surface area contributed by atoms with E-state index in [0.717, 1.165) is 0 Å². The Morgan fingerprint density at radius 3 is 2.53 bits per heavy atom. The van der Waals surface area contributed by atoms with Crippen molar-refractivity contribution in [2.75, 3.05) is 38.2 Å². The van der Waals surface area contributed by atoms with Crippen molar-refractivity contribution >= 4 is 34.8 Å². The summed E-state index contributed by atoms with van der Waals surface area (Å²) in [6, 6.07) is 5.31. The van der Waals surface area contributed by atoms with Gasteiger partial charge in [-0.05, 0) is 12.1 Å². The summed E-state index contributed by atoms with van der Waals surface area (Å²) in [6.07, 6.45) is 0.418. The fourth-order valence-corrected chi connectivity index (χ4v) is 2.46. The van der Waals surface area contributed by atoms with Gasteiger partial charge in [0.1, 0.15) is 0 Å². The minimum Gasteiger partial charge on any atom is -0.382 e. The van der Waals surface area contributed by atoms with Crippen LogP contribution in [-0.4, -0.2) is 43.7 Å². The maximum atomic E-state index is 11.9. The molecule has 4 nitrogen and oxygen atoms in total. The average Bonchev–Trinajstić information content (AvgIpc) is 2.43. The summed E-state index contributed by atoms with van der Waals surface area (Å²) >= 11 is 12.1. The van der Waals surface area contributed by atoms with Gasteiger partial charge in [0.15, 0.2) is 0 Å². The lowest BCUT2D eigenvalue weighted by molar-refractivity contribution is -0.134. The molecule has 1 aliphatic heterocycles. The summed E-state index contributed by atoms with van der Waals surface area (Å²) in [7, 11) is 0. The van der Waals surface area contributed by atoms with Crippen LogP contribution in [-0.2, 0) is 9.53 Å². The van der Waals surface area contributed by atoms with E-state index in [1.165, 1.54) is 0 Å². The summed E-state index contributed by atoms with van der Waals surface area (Å²) < 4.78 is 5.21. The molecule has 0 saturated carbocycles. The van der Waals surface area contributed by atoms with Crippen LogP contribution in [0.5, 0.6) is 0 Å². The molecule has 1 amide bonds. The first-order valence-corrected chi connectivity index (χ1v) is 6.97. The number of morpholine rings is 1. The Morgan fingerprint density at radius 1 is 1.26 bits per heavy atom. The van der Waals surface area contributed by atoms with Crippen LogP contribution in [0.3, 0.4) is 0 Å². The van der Waals surface area contributed by atoms with Gasteiger partial charge >= 0.3 is 0 Å². The average molecular weight is 303 g/mol. The predicted octanol–water partition coefficient (Wildman–Crippen LogP) is 2.65. The zero-order valence-corrected chi connectivity index (χ0v) is 12.0. The lowest BCUT2D eigenvalue weighted by Crippen LogP contribution is -2.41. The Hall–Kier alpha value is -0.970. The number of carbonyl (C=O) groups is 1. The molecule has 1 saturated heterocycles. The SMILES string of the molecule is O=C(CCNc1c(Cl)cccc1Cl)N1CCOCC1. The molecule has 104 valence electrons. The largest absolute Gasteiger partial charge is 0.382 e. The summed E-state index contributed by atoms with van der Waals surface area (Å²) in [6.45, 7) is 3.10. The molecular formula is C13H16Cl2N2O2. The third kappa shape index (κ3) is 4.00. The second-order valence-electron chi connectivity index (χ2n) is 4.27. The van der Waals surface area contributed by atoms with Crippen molar-refractivity contribution in [2.24, 2.45) is 0 Å². The van der Waals surface area contributed by atoms with Crippen molar-refractivity contribution < 1.29 is 9.53 Å². The van der Waals surface area contributed by atoms with Gasteiger partial charge in [-0.15, -0.1) is 0 Å². The zero-order valence-electron chi connectivity index (χ0n) is 10.5. The highest BCUT2D eigenvalue weighted by Gasteiger charge is 2.16. The number of benzene rings is 1. The Kier molecular flexibility index (Phi) is 5.31. The van der Waals surface area contributed by atoms with Crippen LogP contribution in [0, 0.1) is 0 Å². The first-order valence-electron chi connectivity index (χ1n) is 6.22. The maximum absolute atomic E-state index is 11.9. The van der Waals surface area contributed by atoms with E-state index in [9.17, 15) is 4.79 Å². The van der Waals surface area contributed by atoms with Crippen molar-refractivity contribution in [1.29, 1.82) is 0 Å². The molecule has 1 aromatic carbocycles. The molecule has 1 N–H and O–H groups in total. The summed E-state index contributed by atoms with van der Waals surface area (Å²) in [4.78, 5) is 13.7. The number of ether oxygens (including phenoxy) is 1. The van der Waals surface area contributed by atoms with E-state index in [2.05, 4.69) is 5.32 Å². The fourth-order valence-electron chi connectivity index (χ4n) is 1.93. The van der Waals surface area contributed by atoms with Crippen LogP contribution in [0.15, 0.2) is 18.2 Å².